The topological polar surface area (TPSA) is 32.3 Å². The molecular weight excluding hydrogens is 218 g/mol. The van der Waals surface area contributed by atoms with Crippen LogP contribution in [0.4, 0.5) is 0 Å². The zero-order chi connectivity index (χ0) is 8.10. The summed E-state index contributed by atoms with van der Waals surface area (Å²) in [6.45, 7) is 1.94. The second kappa shape index (κ2) is 6.17. The van der Waals surface area contributed by atoms with E-state index < -0.39 is 0 Å². The van der Waals surface area contributed by atoms with Gasteiger partial charge in [-0.3, -0.25) is 0 Å². The molecule has 0 heterocycles. The monoisotopic (exact) mass is 231 g/mol. The third kappa shape index (κ3) is 3.85. The molecule has 1 atom stereocenters. The molecule has 1 aromatic carbocycles. The Hall–Kier alpha value is -0.380. The van der Waals surface area contributed by atoms with Crippen LogP contribution in [0.1, 0.15) is 12.5 Å². The molecule has 0 aliphatic heterocycles. The van der Waals surface area contributed by atoms with E-state index in [4.69, 9.17) is 5.21 Å². The van der Waals surface area contributed by atoms with E-state index in [1.165, 1.54) is 5.56 Å². The van der Waals surface area contributed by atoms with E-state index in [0.717, 1.165) is 6.42 Å². The van der Waals surface area contributed by atoms with Gasteiger partial charge >= 0.3 is 0 Å². The van der Waals surface area contributed by atoms with Crippen LogP contribution in [-0.2, 0) is 6.42 Å². The Morgan fingerprint density at radius 3 is 2.42 bits per heavy atom. The van der Waals surface area contributed by atoms with Crippen molar-refractivity contribution >= 4 is 17.0 Å². The maximum Gasteiger partial charge on any atom is 0.0331 e. The second-order valence-electron chi connectivity index (χ2n) is 2.72. The van der Waals surface area contributed by atoms with Crippen molar-refractivity contribution in [1.82, 2.24) is 5.48 Å². The molecule has 0 fully saturated rings. The molecule has 0 amide bonds. The lowest BCUT2D eigenvalue weighted by molar-refractivity contribution is 0.133. The van der Waals surface area contributed by atoms with E-state index in [-0.39, 0.29) is 23.0 Å². The van der Waals surface area contributed by atoms with Gasteiger partial charge < -0.3 is 5.21 Å². The van der Waals surface area contributed by atoms with Gasteiger partial charge in [0.05, 0.1) is 0 Å². The van der Waals surface area contributed by atoms with Crippen molar-refractivity contribution in [3.8, 4) is 0 Å². The highest BCUT2D eigenvalue weighted by molar-refractivity contribution is 8.93. The molecule has 1 rings (SSSR count). The minimum absolute atomic E-state index is 0. The van der Waals surface area contributed by atoms with E-state index in [2.05, 4.69) is 5.48 Å². The average Bonchev–Trinajstić information content (AvgIpc) is 2.06. The summed E-state index contributed by atoms with van der Waals surface area (Å²) in [5.41, 5.74) is 3.45. The van der Waals surface area contributed by atoms with Crippen LogP contribution in [0.5, 0.6) is 0 Å². The molecule has 0 saturated carbocycles. The molecule has 2 N–H and O–H groups in total. The average molecular weight is 232 g/mol. The minimum Gasteiger partial charge on any atom is -0.317 e. The molecule has 0 spiro atoms. The number of hydroxylamine groups is 1. The lowest BCUT2D eigenvalue weighted by Crippen LogP contribution is -2.24. The maximum absolute atomic E-state index is 8.55. The third-order valence-electron chi connectivity index (χ3n) is 1.61. The van der Waals surface area contributed by atoms with E-state index in [1.807, 2.05) is 37.3 Å². The largest absolute Gasteiger partial charge is 0.317 e. The van der Waals surface area contributed by atoms with Gasteiger partial charge in [0.15, 0.2) is 0 Å². The van der Waals surface area contributed by atoms with Crippen LogP contribution in [0, 0.1) is 0 Å². The van der Waals surface area contributed by atoms with Gasteiger partial charge in [0, 0.05) is 6.04 Å². The van der Waals surface area contributed by atoms with Gasteiger partial charge in [-0.05, 0) is 18.9 Å². The van der Waals surface area contributed by atoms with E-state index in [1.54, 1.807) is 0 Å². The van der Waals surface area contributed by atoms with Gasteiger partial charge in [0.25, 0.3) is 0 Å². The highest BCUT2D eigenvalue weighted by Crippen LogP contribution is 2.01. The predicted octanol–water partition coefficient (Wildman–Crippen LogP) is 2.17. The van der Waals surface area contributed by atoms with Crippen molar-refractivity contribution in [2.45, 2.75) is 19.4 Å². The summed E-state index contributed by atoms with van der Waals surface area (Å²) < 4.78 is 0. The molecule has 0 aliphatic rings. The Morgan fingerprint density at radius 1 is 1.33 bits per heavy atom. The Labute approximate surface area is 83.3 Å². The van der Waals surface area contributed by atoms with Crippen molar-refractivity contribution < 1.29 is 5.21 Å². The standard InChI is InChI=1S/C9H13NO.BrH/c1-8(10-11)7-9-5-3-2-4-6-9;/h2-6,8,10-11H,7H2,1H3;1H. The van der Waals surface area contributed by atoms with Crippen molar-refractivity contribution in [3.63, 3.8) is 0 Å². The van der Waals surface area contributed by atoms with Crippen LogP contribution in [0.2, 0.25) is 0 Å². The van der Waals surface area contributed by atoms with Crippen LogP contribution in [0.25, 0.3) is 0 Å². The smallest absolute Gasteiger partial charge is 0.0331 e. The molecule has 2 nitrogen and oxygen atoms in total. The Balaban J connectivity index is 0.00000121. The predicted molar refractivity (Wildman–Crippen MR) is 54.9 cm³/mol. The summed E-state index contributed by atoms with van der Waals surface area (Å²) in [7, 11) is 0. The summed E-state index contributed by atoms with van der Waals surface area (Å²) in [6, 6.07) is 10.2. The number of benzene rings is 1. The molecule has 1 unspecified atom stereocenters. The second-order valence-corrected chi connectivity index (χ2v) is 2.72. The van der Waals surface area contributed by atoms with Crippen molar-refractivity contribution in [2.24, 2.45) is 0 Å². The molecule has 12 heavy (non-hydrogen) atoms. The van der Waals surface area contributed by atoms with Crippen LogP contribution in [0.15, 0.2) is 30.3 Å². The van der Waals surface area contributed by atoms with Gasteiger partial charge in [0.1, 0.15) is 0 Å². The molecule has 68 valence electrons. The first kappa shape index (κ1) is 11.6. The van der Waals surface area contributed by atoms with Gasteiger partial charge in [-0.1, -0.05) is 30.3 Å². The first-order valence-corrected chi connectivity index (χ1v) is 3.76. The molecule has 0 saturated heterocycles. The zero-order valence-corrected chi connectivity index (χ0v) is 8.74. The summed E-state index contributed by atoms with van der Waals surface area (Å²) in [5, 5.41) is 8.55. The summed E-state index contributed by atoms with van der Waals surface area (Å²) in [5.74, 6) is 0. The highest BCUT2D eigenvalue weighted by atomic mass is 79.9. The third-order valence-corrected chi connectivity index (χ3v) is 1.61. The van der Waals surface area contributed by atoms with Gasteiger partial charge in [0.2, 0.25) is 0 Å². The number of hydrogen-bond donors (Lipinski definition) is 2. The normalized spacial score (nSPS) is 11.8. The SMILES string of the molecule is Br.CC(Cc1ccccc1)NO. The van der Waals surface area contributed by atoms with Crippen molar-refractivity contribution in [2.75, 3.05) is 0 Å². The van der Waals surface area contributed by atoms with E-state index in [9.17, 15) is 0 Å². The van der Waals surface area contributed by atoms with Gasteiger partial charge in [-0.2, -0.15) is 0 Å². The minimum atomic E-state index is 0. The Bertz CT molecular complexity index is 203. The van der Waals surface area contributed by atoms with Gasteiger partial charge in [-0.25, -0.2) is 5.48 Å². The summed E-state index contributed by atoms with van der Waals surface area (Å²) in [6.07, 6.45) is 0.858. The molecule has 0 aromatic heterocycles. The molecule has 0 aliphatic carbocycles. The van der Waals surface area contributed by atoms with E-state index in [0.29, 0.717) is 0 Å². The molecule has 0 radical (unpaired) electrons. The Kier molecular flexibility index (Phi) is 5.98. The van der Waals surface area contributed by atoms with E-state index >= 15 is 0 Å². The van der Waals surface area contributed by atoms with Crippen LogP contribution in [0.3, 0.4) is 0 Å². The maximum atomic E-state index is 8.55. The molecule has 0 bridgehead atoms. The lowest BCUT2D eigenvalue weighted by Gasteiger charge is -2.07. The number of nitrogens with one attached hydrogen (secondary N) is 1. The summed E-state index contributed by atoms with van der Waals surface area (Å²) in [4.78, 5) is 0. The highest BCUT2D eigenvalue weighted by Gasteiger charge is 1.99. The van der Waals surface area contributed by atoms with Crippen molar-refractivity contribution in [3.05, 3.63) is 35.9 Å². The molecular formula is C9H14BrNO. The lowest BCUT2D eigenvalue weighted by atomic mass is 10.1. The van der Waals surface area contributed by atoms with Gasteiger partial charge in [-0.15, -0.1) is 17.0 Å². The summed E-state index contributed by atoms with van der Waals surface area (Å²) >= 11 is 0. The molecule has 1 aromatic rings. The first-order chi connectivity index (χ1) is 5.33. The van der Waals surface area contributed by atoms with Crippen LogP contribution < -0.4 is 5.48 Å². The number of halogens is 1. The fourth-order valence-electron chi connectivity index (χ4n) is 1.01. The quantitative estimate of drug-likeness (QED) is 0.783. The number of rotatable bonds is 3. The Morgan fingerprint density at radius 2 is 1.92 bits per heavy atom. The van der Waals surface area contributed by atoms with Crippen molar-refractivity contribution in [1.29, 1.82) is 0 Å². The van der Waals surface area contributed by atoms with Crippen LogP contribution >= 0.6 is 17.0 Å². The zero-order valence-electron chi connectivity index (χ0n) is 7.03. The molecule has 3 heteroatoms. The van der Waals surface area contributed by atoms with Crippen LogP contribution in [-0.4, -0.2) is 11.2 Å². The fourth-order valence-corrected chi connectivity index (χ4v) is 1.01. The number of hydrogen-bond acceptors (Lipinski definition) is 2. The first-order valence-electron chi connectivity index (χ1n) is 3.76. The fraction of sp³-hybridized carbons (Fsp3) is 0.333.